The molecule has 1 heterocycles. The summed E-state index contributed by atoms with van der Waals surface area (Å²) >= 11 is 3.34. The van der Waals surface area contributed by atoms with Gasteiger partial charge in [0, 0.05) is 22.4 Å². The van der Waals surface area contributed by atoms with Crippen LogP contribution in [0.1, 0.15) is 15.9 Å². The van der Waals surface area contributed by atoms with E-state index in [-0.39, 0.29) is 5.78 Å². The van der Waals surface area contributed by atoms with Crippen LogP contribution in [0.3, 0.4) is 0 Å². The van der Waals surface area contributed by atoms with Gasteiger partial charge in [-0.05, 0) is 35.9 Å². The molecule has 0 unspecified atom stereocenters. The zero-order valence-corrected chi connectivity index (χ0v) is 10.6. The number of ketones is 1. The van der Waals surface area contributed by atoms with Crippen LogP contribution in [0.4, 0.5) is 0 Å². The van der Waals surface area contributed by atoms with E-state index >= 15 is 0 Å². The fourth-order valence-electron chi connectivity index (χ4n) is 1.38. The van der Waals surface area contributed by atoms with E-state index in [1.165, 1.54) is 0 Å². The molecule has 1 aromatic carbocycles. The summed E-state index contributed by atoms with van der Waals surface area (Å²) in [5.41, 5.74) is 1.63. The number of hydrogen-bond acceptors (Lipinski definition) is 2. The number of carbonyl (C=O) groups excluding carboxylic acids is 1. The van der Waals surface area contributed by atoms with E-state index in [0.717, 1.165) is 10.0 Å². The third-order valence-corrected chi connectivity index (χ3v) is 2.74. The maximum Gasteiger partial charge on any atom is 0.185 e. The molecule has 0 aliphatic heterocycles. The minimum absolute atomic E-state index is 0.0110. The number of pyridine rings is 1. The SMILES string of the molecule is O=C(C=Cc1ccncc1)c1cccc(Br)c1. The third-order valence-electron chi connectivity index (χ3n) is 2.24. The fourth-order valence-corrected chi connectivity index (χ4v) is 1.78. The molecule has 0 aliphatic rings. The molecule has 3 heteroatoms. The van der Waals surface area contributed by atoms with E-state index in [4.69, 9.17) is 0 Å². The average Bonchev–Trinajstić information content (AvgIpc) is 2.37. The average molecular weight is 288 g/mol. The van der Waals surface area contributed by atoms with Crippen LogP contribution in [0.15, 0.2) is 59.3 Å². The highest BCUT2D eigenvalue weighted by atomic mass is 79.9. The van der Waals surface area contributed by atoms with E-state index in [2.05, 4.69) is 20.9 Å². The van der Waals surface area contributed by atoms with E-state index in [1.807, 2.05) is 24.3 Å². The quantitative estimate of drug-likeness (QED) is 0.636. The fraction of sp³-hybridized carbons (Fsp3) is 0. The minimum atomic E-state index is -0.0110. The van der Waals surface area contributed by atoms with Crippen LogP contribution in [0.25, 0.3) is 6.08 Å². The summed E-state index contributed by atoms with van der Waals surface area (Å²) in [6, 6.07) is 11.0. The van der Waals surface area contributed by atoms with Crippen molar-refractivity contribution in [2.24, 2.45) is 0 Å². The Hall–Kier alpha value is -1.74. The van der Waals surface area contributed by atoms with Crippen molar-refractivity contribution in [2.45, 2.75) is 0 Å². The topological polar surface area (TPSA) is 30.0 Å². The summed E-state index contributed by atoms with van der Waals surface area (Å²) in [6.07, 6.45) is 6.74. The lowest BCUT2D eigenvalue weighted by Crippen LogP contribution is -1.93. The van der Waals surface area contributed by atoms with Gasteiger partial charge in [-0.3, -0.25) is 9.78 Å². The normalized spacial score (nSPS) is 10.6. The molecule has 2 nitrogen and oxygen atoms in total. The van der Waals surface area contributed by atoms with Gasteiger partial charge < -0.3 is 0 Å². The van der Waals surface area contributed by atoms with E-state index < -0.39 is 0 Å². The second-order valence-electron chi connectivity index (χ2n) is 3.49. The van der Waals surface area contributed by atoms with E-state index in [1.54, 1.807) is 36.7 Å². The van der Waals surface area contributed by atoms with E-state index in [9.17, 15) is 4.79 Å². The summed E-state index contributed by atoms with van der Waals surface area (Å²) in [5, 5.41) is 0. The highest BCUT2D eigenvalue weighted by Crippen LogP contribution is 2.13. The Morgan fingerprint density at radius 3 is 2.65 bits per heavy atom. The number of rotatable bonds is 3. The lowest BCUT2D eigenvalue weighted by molar-refractivity contribution is 0.104. The van der Waals surface area contributed by atoms with Crippen LogP contribution in [0.5, 0.6) is 0 Å². The summed E-state index contributed by atoms with van der Waals surface area (Å²) in [7, 11) is 0. The van der Waals surface area contributed by atoms with Crippen LogP contribution >= 0.6 is 15.9 Å². The Labute approximate surface area is 108 Å². The zero-order chi connectivity index (χ0) is 12.1. The Bertz CT molecular complexity index is 549. The maximum absolute atomic E-state index is 11.8. The molecule has 0 saturated heterocycles. The van der Waals surface area contributed by atoms with Crippen molar-refractivity contribution < 1.29 is 4.79 Å². The van der Waals surface area contributed by atoms with Gasteiger partial charge in [0.25, 0.3) is 0 Å². The molecule has 0 fully saturated rings. The molecule has 0 radical (unpaired) electrons. The Morgan fingerprint density at radius 1 is 1.18 bits per heavy atom. The van der Waals surface area contributed by atoms with Crippen LogP contribution in [-0.2, 0) is 0 Å². The Kier molecular flexibility index (Phi) is 3.83. The predicted molar refractivity (Wildman–Crippen MR) is 71.7 cm³/mol. The van der Waals surface area contributed by atoms with Gasteiger partial charge in [0.05, 0.1) is 0 Å². The number of aromatic nitrogens is 1. The smallest absolute Gasteiger partial charge is 0.185 e. The number of nitrogens with zero attached hydrogens (tertiary/aromatic N) is 1. The largest absolute Gasteiger partial charge is 0.289 e. The molecule has 1 aromatic heterocycles. The second-order valence-corrected chi connectivity index (χ2v) is 4.40. The Balaban J connectivity index is 2.15. The number of carbonyl (C=O) groups is 1. The molecule has 2 aromatic rings. The highest BCUT2D eigenvalue weighted by molar-refractivity contribution is 9.10. The minimum Gasteiger partial charge on any atom is -0.289 e. The van der Waals surface area contributed by atoms with Gasteiger partial charge >= 0.3 is 0 Å². The number of benzene rings is 1. The van der Waals surface area contributed by atoms with Crippen molar-refractivity contribution in [1.29, 1.82) is 0 Å². The van der Waals surface area contributed by atoms with Gasteiger partial charge in [-0.25, -0.2) is 0 Å². The molecule has 84 valence electrons. The van der Waals surface area contributed by atoms with Gasteiger partial charge in [-0.2, -0.15) is 0 Å². The molecule has 0 aliphatic carbocycles. The molecular formula is C14H10BrNO. The van der Waals surface area contributed by atoms with Crippen molar-refractivity contribution >= 4 is 27.8 Å². The van der Waals surface area contributed by atoms with Crippen LogP contribution < -0.4 is 0 Å². The number of allylic oxidation sites excluding steroid dienone is 1. The second kappa shape index (κ2) is 5.55. The first-order valence-corrected chi connectivity index (χ1v) is 5.93. The van der Waals surface area contributed by atoms with Gasteiger partial charge in [0.1, 0.15) is 0 Å². The summed E-state index contributed by atoms with van der Waals surface area (Å²) in [5.74, 6) is -0.0110. The molecule has 0 N–H and O–H groups in total. The van der Waals surface area contributed by atoms with Crippen molar-refractivity contribution in [3.63, 3.8) is 0 Å². The summed E-state index contributed by atoms with van der Waals surface area (Å²) < 4.78 is 0.903. The maximum atomic E-state index is 11.8. The lowest BCUT2D eigenvalue weighted by atomic mass is 10.1. The van der Waals surface area contributed by atoms with Crippen molar-refractivity contribution in [3.05, 3.63) is 70.5 Å². The Morgan fingerprint density at radius 2 is 1.94 bits per heavy atom. The first kappa shape index (κ1) is 11.7. The highest BCUT2D eigenvalue weighted by Gasteiger charge is 2.01. The zero-order valence-electron chi connectivity index (χ0n) is 9.01. The molecule has 0 saturated carbocycles. The molecule has 0 atom stereocenters. The first-order valence-electron chi connectivity index (χ1n) is 5.14. The predicted octanol–water partition coefficient (Wildman–Crippen LogP) is 3.74. The van der Waals surface area contributed by atoms with Gasteiger partial charge in [-0.1, -0.05) is 34.1 Å². The molecule has 0 spiro atoms. The third kappa shape index (κ3) is 3.36. The van der Waals surface area contributed by atoms with Crippen molar-refractivity contribution in [1.82, 2.24) is 4.98 Å². The van der Waals surface area contributed by atoms with Crippen LogP contribution in [-0.4, -0.2) is 10.8 Å². The van der Waals surface area contributed by atoms with Gasteiger partial charge in [-0.15, -0.1) is 0 Å². The monoisotopic (exact) mass is 287 g/mol. The first-order chi connectivity index (χ1) is 8.25. The standard InChI is InChI=1S/C14H10BrNO/c15-13-3-1-2-12(10-13)14(17)5-4-11-6-8-16-9-7-11/h1-10H. The molecule has 2 rings (SSSR count). The lowest BCUT2D eigenvalue weighted by Gasteiger charge is -1.96. The van der Waals surface area contributed by atoms with Crippen LogP contribution in [0, 0.1) is 0 Å². The van der Waals surface area contributed by atoms with Gasteiger partial charge in [0.2, 0.25) is 0 Å². The molecular weight excluding hydrogens is 278 g/mol. The number of hydrogen-bond donors (Lipinski definition) is 0. The molecule has 0 amide bonds. The van der Waals surface area contributed by atoms with E-state index in [0.29, 0.717) is 5.56 Å². The number of halogens is 1. The van der Waals surface area contributed by atoms with Gasteiger partial charge in [0.15, 0.2) is 5.78 Å². The summed E-state index contributed by atoms with van der Waals surface area (Å²) in [6.45, 7) is 0. The van der Waals surface area contributed by atoms with Crippen LogP contribution in [0.2, 0.25) is 0 Å². The molecule has 0 bridgehead atoms. The summed E-state index contributed by atoms with van der Waals surface area (Å²) in [4.78, 5) is 15.8. The van der Waals surface area contributed by atoms with Crippen molar-refractivity contribution in [2.75, 3.05) is 0 Å². The molecule has 17 heavy (non-hydrogen) atoms. The van der Waals surface area contributed by atoms with Crippen molar-refractivity contribution in [3.8, 4) is 0 Å².